The minimum absolute atomic E-state index is 0.0636. The molecule has 0 fully saturated rings. The molecule has 88 valence electrons. The normalized spacial score (nSPS) is 13.0. The number of hydrogen-bond donors (Lipinski definition) is 2. The molecule has 0 radical (unpaired) electrons. The SMILES string of the molecule is CCC(N)c1nc(C)c[nH]1.F[B-](F)(F)F. The molecule has 1 rings (SSSR count). The molecule has 0 aliphatic rings. The second-order valence-corrected chi connectivity index (χ2v) is 2.94. The Morgan fingerprint density at radius 1 is 1.47 bits per heavy atom. The third-order valence-electron chi connectivity index (χ3n) is 1.52. The van der Waals surface area contributed by atoms with Gasteiger partial charge in [-0.2, -0.15) is 0 Å². The molecule has 1 aromatic heterocycles. The topological polar surface area (TPSA) is 54.7 Å². The second-order valence-electron chi connectivity index (χ2n) is 2.94. The fourth-order valence-corrected chi connectivity index (χ4v) is 0.816. The second kappa shape index (κ2) is 5.74. The van der Waals surface area contributed by atoms with Gasteiger partial charge in [0.25, 0.3) is 0 Å². The molecule has 0 aromatic carbocycles. The van der Waals surface area contributed by atoms with E-state index < -0.39 is 7.25 Å². The van der Waals surface area contributed by atoms with Gasteiger partial charge in [0.2, 0.25) is 0 Å². The van der Waals surface area contributed by atoms with E-state index in [2.05, 4.69) is 9.97 Å². The lowest BCUT2D eigenvalue weighted by molar-refractivity contribution is 0.368. The van der Waals surface area contributed by atoms with Crippen molar-refractivity contribution in [3.63, 3.8) is 0 Å². The molecule has 0 spiro atoms. The Bertz CT molecular complexity index is 280. The Balaban J connectivity index is 0.000000336. The van der Waals surface area contributed by atoms with Crippen LogP contribution in [0.4, 0.5) is 17.3 Å². The molecule has 0 saturated heterocycles. The average molecular weight is 226 g/mol. The molecule has 0 bridgehead atoms. The van der Waals surface area contributed by atoms with Gasteiger partial charge in [-0.3, -0.25) is 0 Å². The number of nitrogens with zero attached hydrogens (tertiary/aromatic N) is 1. The molecule has 1 heterocycles. The van der Waals surface area contributed by atoms with Gasteiger partial charge in [0.1, 0.15) is 5.82 Å². The third-order valence-corrected chi connectivity index (χ3v) is 1.52. The number of rotatable bonds is 2. The quantitative estimate of drug-likeness (QED) is 0.600. The molecular formula is C7H13BF4N3-. The van der Waals surface area contributed by atoms with E-state index >= 15 is 0 Å². The van der Waals surface area contributed by atoms with Crippen LogP contribution >= 0.6 is 0 Å². The largest absolute Gasteiger partial charge is 0.673 e. The molecule has 15 heavy (non-hydrogen) atoms. The number of aromatic amines is 1. The first-order valence-corrected chi connectivity index (χ1v) is 4.38. The molecule has 0 saturated carbocycles. The van der Waals surface area contributed by atoms with Crippen LogP contribution in [-0.2, 0) is 0 Å². The van der Waals surface area contributed by atoms with Crippen molar-refractivity contribution in [1.29, 1.82) is 0 Å². The number of imidazole rings is 1. The molecule has 1 atom stereocenters. The van der Waals surface area contributed by atoms with Crippen molar-refractivity contribution in [2.45, 2.75) is 26.3 Å². The van der Waals surface area contributed by atoms with E-state index in [9.17, 15) is 17.3 Å². The summed E-state index contributed by atoms with van der Waals surface area (Å²) in [5.74, 6) is 0.889. The monoisotopic (exact) mass is 226 g/mol. The van der Waals surface area contributed by atoms with Gasteiger partial charge in [-0.05, 0) is 13.3 Å². The first-order valence-electron chi connectivity index (χ1n) is 4.38. The Labute approximate surface area is 85.2 Å². The van der Waals surface area contributed by atoms with Gasteiger partial charge >= 0.3 is 7.25 Å². The standard InChI is InChI=1S/C7H13N3.BF4/c1-3-6(8)7-9-4-5(2)10-7;2-1(3,4)5/h4,6H,3,8H2,1-2H3,(H,9,10);/q;-1. The Kier molecular flexibility index (Phi) is 5.34. The predicted octanol–water partition coefficient (Wildman–Crippen LogP) is 2.43. The maximum Gasteiger partial charge on any atom is 0.673 e. The van der Waals surface area contributed by atoms with Gasteiger partial charge in [0, 0.05) is 6.20 Å². The minimum Gasteiger partial charge on any atom is -0.418 e. The van der Waals surface area contributed by atoms with Crippen molar-refractivity contribution in [2.24, 2.45) is 5.73 Å². The summed E-state index contributed by atoms with van der Waals surface area (Å²) in [5, 5.41) is 0. The molecule has 0 amide bonds. The zero-order valence-electron chi connectivity index (χ0n) is 8.48. The number of nitrogens with one attached hydrogen (secondary N) is 1. The number of halogens is 4. The van der Waals surface area contributed by atoms with E-state index in [1.807, 2.05) is 20.0 Å². The van der Waals surface area contributed by atoms with Gasteiger partial charge in [0.05, 0.1) is 11.7 Å². The van der Waals surface area contributed by atoms with E-state index in [1.165, 1.54) is 0 Å². The van der Waals surface area contributed by atoms with E-state index in [1.54, 1.807) is 0 Å². The van der Waals surface area contributed by atoms with Crippen molar-refractivity contribution in [3.8, 4) is 0 Å². The molecule has 3 N–H and O–H groups in total. The van der Waals surface area contributed by atoms with Crippen molar-refractivity contribution >= 4 is 7.25 Å². The van der Waals surface area contributed by atoms with Crippen molar-refractivity contribution in [1.82, 2.24) is 9.97 Å². The lowest BCUT2D eigenvalue weighted by Crippen LogP contribution is -2.10. The van der Waals surface area contributed by atoms with Crippen molar-refractivity contribution < 1.29 is 17.3 Å². The number of aryl methyl sites for hydroxylation is 1. The van der Waals surface area contributed by atoms with Crippen LogP contribution < -0.4 is 5.73 Å². The van der Waals surface area contributed by atoms with Crippen LogP contribution in [0.15, 0.2) is 6.20 Å². The maximum atomic E-state index is 9.75. The summed E-state index contributed by atoms with van der Waals surface area (Å²) in [5.41, 5.74) is 6.71. The van der Waals surface area contributed by atoms with Gasteiger partial charge in [-0.1, -0.05) is 6.92 Å². The van der Waals surface area contributed by atoms with Crippen LogP contribution in [0, 0.1) is 6.92 Å². The summed E-state index contributed by atoms with van der Waals surface area (Å²) in [6.45, 7) is 3.99. The molecule has 3 nitrogen and oxygen atoms in total. The zero-order valence-corrected chi connectivity index (χ0v) is 8.48. The highest BCUT2D eigenvalue weighted by molar-refractivity contribution is 6.50. The van der Waals surface area contributed by atoms with Crippen molar-refractivity contribution in [3.05, 3.63) is 17.7 Å². The molecular weight excluding hydrogens is 213 g/mol. The van der Waals surface area contributed by atoms with E-state index in [0.717, 1.165) is 17.9 Å². The Hall–Kier alpha value is -1.05. The maximum absolute atomic E-state index is 9.75. The number of aromatic nitrogens is 2. The summed E-state index contributed by atoms with van der Waals surface area (Å²) in [6, 6.07) is 0.0636. The summed E-state index contributed by atoms with van der Waals surface area (Å²) in [7, 11) is -6.00. The molecule has 0 aliphatic heterocycles. The van der Waals surface area contributed by atoms with E-state index in [0.29, 0.717) is 0 Å². The third kappa shape index (κ3) is 7.98. The van der Waals surface area contributed by atoms with Crippen molar-refractivity contribution in [2.75, 3.05) is 0 Å². The summed E-state index contributed by atoms with van der Waals surface area (Å²) in [6.07, 6.45) is 2.79. The number of H-pyrrole nitrogens is 1. The molecule has 0 aliphatic carbocycles. The molecule has 1 unspecified atom stereocenters. The van der Waals surface area contributed by atoms with Crippen LogP contribution in [0.1, 0.15) is 30.9 Å². The predicted molar refractivity (Wildman–Crippen MR) is 50.7 cm³/mol. The Morgan fingerprint density at radius 3 is 2.20 bits per heavy atom. The van der Waals surface area contributed by atoms with Gasteiger partial charge in [-0.15, -0.1) is 0 Å². The number of nitrogens with two attached hydrogens (primary N) is 1. The smallest absolute Gasteiger partial charge is 0.418 e. The van der Waals surface area contributed by atoms with Gasteiger partial charge in [0.15, 0.2) is 0 Å². The van der Waals surface area contributed by atoms with Crippen LogP contribution in [0.5, 0.6) is 0 Å². The average Bonchev–Trinajstić information content (AvgIpc) is 2.47. The van der Waals surface area contributed by atoms with Crippen LogP contribution in [-0.4, -0.2) is 17.2 Å². The highest BCUT2D eigenvalue weighted by Gasteiger charge is 2.20. The van der Waals surface area contributed by atoms with E-state index in [-0.39, 0.29) is 6.04 Å². The zero-order chi connectivity index (χ0) is 12.1. The highest BCUT2D eigenvalue weighted by atomic mass is 19.5. The first-order chi connectivity index (χ1) is 6.74. The summed E-state index contributed by atoms with van der Waals surface area (Å²) >= 11 is 0. The molecule has 8 heteroatoms. The van der Waals surface area contributed by atoms with Crippen LogP contribution in [0.25, 0.3) is 0 Å². The van der Waals surface area contributed by atoms with E-state index in [4.69, 9.17) is 5.73 Å². The fourth-order valence-electron chi connectivity index (χ4n) is 0.816. The lowest BCUT2D eigenvalue weighted by Gasteiger charge is -2.02. The minimum atomic E-state index is -6.00. The van der Waals surface area contributed by atoms with Crippen LogP contribution in [0.2, 0.25) is 0 Å². The first kappa shape index (κ1) is 14.0. The molecule has 1 aromatic rings. The summed E-state index contributed by atoms with van der Waals surface area (Å²) < 4.78 is 39.0. The Morgan fingerprint density at radius 2 is 1.93 bits per heavy atom. The van der Waals surface area contributed by atoms with Crippen LogP contribution in [0.3, 0.4) is 0 Å². The summed E-state index contributed by atoms with van der Waals surface area (Å²) in [4.78, 5) is 7.22. The fraction of sp³-hybridized carbons (Fsp3) is 0.571. The number of hydrogen-bond acceptors (Lipinski definition) is 2. The van der Waals surface area contributed by atoms with Gasteiger partial charge < -0.3 is 28.0 Å². The lowest BCUT2D eigenvalue weighted by atomic mass is 10.2. The highest BCUT2D eigenvalue weighted by Crippen LogP contribution is 2.08. The van der Waals surface area contributed by atoms with Gasteiger partial charge in [-0.25, -0.2) is 4.98 Å².